The van der Waals surface area contributed by atoms with Crippen LogP contribution in [0.2, 0.25) is 0 Å². The molecule has 6 heteroatoms. The van der Waals surface area contributed by atoms with Gasteiger partial charge in [-0.3, -0.25) is 4.79 Å². The summed E-state index contributed by atoms with van der Waals surface area (Å²) in [6.45, 7) is 1.58. The normalized spacial score (nSPS) is 12.0. The highest BCUT2D eigenvalue weighted by Crippen LogP contribution is 2.00. The molecule has 1 amide bonds. The van der Waals surface area contributed by atoms with Crippen molar-refractivity contribution in [3.63, 3.8) is 0 Å². The third-order valence-electron chi connectivity index (χ3n) is 1.42. The zero-order valence-electron chi connectivity index (χ0n) is 6.43. The summed E-state index contributed by atoms with van der Waals surface area (Å²) in [5, 5.41) is 12.1. The fourth-order valence-electron chi connectivity index (χ4n) is 0.643. The van der Waals surface area contributed by atoms with Crippen molar-refractivity contribution >= 4 is 5.91 Å². The minimum atomic E-state index is -0.570. The van der Waals surface area contributed by atoms with E-state index in [1.54, 1.807) is 13.0 Å². The van der Waals surface area contributed by atoms with E-state index < -0.39 is 11.9 Å². The zero-order valence-corrected chi connectivity index (χ0v) is 6.43. The minimum absolute atomic E-state index is 0.0306. The van der Waals surface area contributed by atoms with E-state index in [2.05, 4.69) is 10.1 Å². The smallest absolute Gasteiger partial charge is 0.252 e. The van der Waals surface area contributed by atoms with Gasteiger partial charge in [0, 0.05) is 0 Å². The van der Waals surface area contributed by atoms with Gasteiger partial charge in [-0.1, -0.05) is 0 Å². The summed E-state index contributed by atoms with van der Waals surface area (Å²) in [4.78, 5) is 14.3. The largest absolute Gasteiger partial charge is 0.368 e. The van der Waals surface area contributed by atoms with E-state index in [9.17, 15) is 4.79 Å². The van der Waals surface area contributed by atoms with Crippen molar-refractivity contribution in [3.8, 4) is 6.07 Å². The fourth-order valence-corrected chi connectivity index (χ4v) is 0.643. The van der Waals surface area contributed by atoms with Crippen molar-refractivity contribution in [2.24, 2.45) is 5.73 Å². The van der Waals surface area contributed by atoms with Crippen LogP contribution in [-0.4, -0.2) is 20.7 Å². The van der Waals surface area contributed by atoms with Gasteiger partial charge in [0.2, 0.25) is 5.91 Å². The van der Waals surface area contributed by atoms with Crippen molar-refractivity contribution in [2.45, 2.75) is 13.0 Å². The number of hydrogen-bond acceptors (Lipinski definition) is 4. The van der Waals surface area contributed by atoms with Crippen LogP contribution in [0.5, 0.6) is 0 Å². The Hall–Kier alpha value is -1.90. The molecule has 0 radical (unpaired) electrons. The van der Waals surface area contributed by atoms with Crippen molar-refractivity contribution in [1.82, 2.24) is 14.8 Å². The van der Waals surface area contributed by atoms with E-state index >= 15 is 0 Å². The minimum Gasteiger partial charge on any atom is -0.368 e. The molecule has 0 aliphatic rings. The number of rotatable bonds is 2. The molecular weight excluding hydrogens is 158 g/mol. The number of nitrogens with zero attached hydrogens (tertiary/aromatic N) is 4. The molecule has 6 nitrogen and oxygen atoms in total. The number of nitrogens with two attached hydrogens (primary N) is 1. The lowest BCUT2D eigenvalue weighted by molar-refractivity contribution is -0.120. The molecule has 0 saturated heterocycles. The first-order valence-corrected chi connectivity index (χ1v) is 3.25. The fraction of sp³-hybridized carbons (Fsp3) is 0.333. The molecule has 0 aliphatic heterocycles. The summed E-state index contributed by atoms with van der Waals surface area (Å²) in [6, 6.07) is 1.18. The van der Waals surface area contributed by atoms with Gasteiger partial charge in [0.05, 0.1) is 0 Å². The van der Waals surface area contributed by atoms with E-state index in [4.69, 9.17) is 11.0 Å². The first kappa shape index (κ1) is 8.20. The molecular formula is C6H7N5O. The van der Waals surface area contributed by atoms with E-state index in [1.807, 2.05) is 0 Å². The maximum absolute atomic E-state index is 10.6. The molecule has 0 aromatic carbocycles. The van der Waals surface area contributed by atoms with Crippen molar-refractivity contribution in [3.05, 3.63) is 12.2 Å². The number of nitriles is 1. The Kier molecular flexibility index (Phi) is 2.05. The van der Waals surface area contributed by atoms with Gasteiger partial charge < -0.3 is 5.73 Å². The second kappa shape index (κ2) is 3.00. The van der Waals surface area contributed by atoms with Crippen LogP contribution in [0.15, 0.2) is 6.33 Å². The topological polar surface area (TPSA) is 97.6 Å². The molecule has 0 aliphatic carbocycles. The SMILES string of the molecule is CC(C(N)=O)n1cnc(C#N)n1. The lowest BCUT2D eigenvalue weighted by Gasteiger charge is -2.04. The maximum Gasteiger partial charge on any atom is 0.252 e. The number of carbonyl (C=O) groups excluding carboxylic acids is 1. The van der Waals surface area contributed by atoms with E-state index in [0.29, 0.717) is 0 Å². The van der Waals surface area contributed by atoms with Gasteiger partial charge in [0.15, 0.2) is 0 Å². The predicted octanol–water partition coefficient (Wildman–Crippen LogP) is -0.804. The molecule has 1 rings (SSSR count). The summed E-state index contributed by atoms with van der Waals surface area (Å²) in [6.07, 6.45) is 1.30. The second-order valence-electron chi connectivity index (χ2n) is 2.24. The zero-order chi connectivity index (χ0) is 9.14. The van der Waals surface area contributed by atoms with Gasteiger partial charge in [0.25, 0.3) is 5.82 Å². The summed E-state index contributed by atoms with van der Waals surface area (Å²) >= 11 is 0. The first-order chi connectivity index (χ1) is 5.65. The maximum atomic E-state index is 10.6. The average molecular weight is 165 g/mol. The third kappa shape index (κ3) is 1.40. The van der Waals surface area contributed by atoms with Gasteiger partial charge >= 0.3 is 0 Å². The van der Waals surface area contributed by atoms with Crippen LogP contribution in [0.3, 0.4) is 0 Å². The summed E-state index contributed by atoms with van der Waals surface area (Å²) in [7, 11) is 0. The lowest BCUT2D eigenvalue weighted by Crippen LogP contribution is -2.24. The summed E-state index contributed by atoms with van der Waals surface area (Å²) < 4.78 is 1.25. The molecule has 0 bridgehead atoms. The molecule has 0 saturated carbocycles. The van der Waals surface area contributed by atoms with Gasteiger partial charge in [0.1, 0.15) is 18.4 Å². The van der Waals surface area contributed by atoms with Gasteiger partial charge in [-0.25, -0.2) is 9.67 Å². The van der Waals surface area contributed by atoms with Crippen molar-refractivity contribution < 1.29 is 4.79 Å². The van der Waals surface area contributed by atoms with Gasteiger partial charge in [-0.2, -0.15) is 5.26 Å². The summed E-state index contributed by atoms with van der Waals surface area (Å²) in [5.41, 5.74) is 5.01. The second-order valence-corrected chi connectivity index (χ2v) is 2.24. The highest BCUT2D eigenvalue weighted by molar-refractivity contribution is 5.77. The quantitative estimate of drug-likeness (QED) is 0.620. The average Bonchev–Trinajstić information content (AvgIpc) is 2.50. The number of primary amides is 1. The van der Waals surface area contributed by atoms with Crippen LogP contribution in [0.1, 0.15) is 18.8 Å². The number of hydrogen-bond donors (Lipinski definition) is 1. The van der Waals surface area contributed by atoms with E-state index in [1.165, 1.54) is 11.0 Å². The molecule has 1 aromatic heterocycles. The Balaban J connectivity index is 2.90. The van der Waals surface area contributed by atoms with E-state index in [-0.39, 0.29) is 5.82 Å². The molecule has 1 heterocycles. The highest BCUT2D eigenvalue weighted by atomic mass is 16.1. The van der Waals surface area contributed by atoms with E-state index in [0.717, 1.165) is 0 Å². The van der Waals surface area contributed by atoms with Crippen molar-refractivity contribution in [1.29, 1.82) is 5.26 Å². The van der Waals surface area contributed by atoms with Crippen LogP contribution in [0.25, 0.3) is 0 Å². The Morgan fingerprint density at radius 2 is 2.58 bits per heavy atom. The Morgan fingerprint density at radius 3 is 3.00 bits per heavy atom. The number of amides is 1. The van der Waals surface area contributed by atoms with Crippen molar-refractivity contribution in [2.75, 3.05) is 0 Å². The molecule has 12 heavy (non-hydrogen) atoms. The Labute approximate surface area is 68.6 Å². The Bertz CT molecular complexity index is 336. The molecule has 1 aromatic rings. The van der Waals surface area contributed by atoms with Gasteiger partial charge in [-0.05, 0) is 6.92 Å². The molecule has 0 fully saturated rings. The standard InChI is InChI=1S/C6H7N5O/c1-4(6(8)12)11-3-9-5(2-7)10-11/h3-4H,1H3,(H2,8,12). The van der Waals surface area contributed by atoms with Crippen LogP contribution >= 0.6 is 0 Å². The third-order valence-corrected chi connectivity index (χ3v) is 1.42. The molecule has 2 N–H and O–H groups in total. The predicted molar refractivity (Wildman–Crippen MR) is 38.6 cm³/mol. The lowest BCUT2D eigenvalue weighted by atomic mass is 10.3. The van der Waals surface area contributed by atoms with Crippen LogP contribution in [0.4, 0.5) is 0 Å². The highest BCUT2D eigenvalue weighted by Gasteiger charge is 2.12. The van der Waals surface area contributed by atoms with Crippen LogP contribution < -0.4 is 5.73 Å². The molecule has 0 spiro atoms. The molecule has 62 valence electrons. The molecule has 1 atom stereocenters. The molecule has 1 unspecified atom stereocenters. The van der Waals surface area contributed by atoms with Crippen LogP contribution in [0, 0.1) is 11.3 Å². The number of carbonyl (C=O) groups is 1. The van der Waals surface area contributed by atoms with Gasteiger partial charge in [-0.15, -0.1) is 5.10 Å². The monoisotopic (exact) mass is 165 g/mol. The van der Waals surface area contributed by atoms with Crippen LogP contribution in [-0.2, 0) is 4.79 Å². The number of aromatic nitrogens is 3. The Morgan fingerprint density at radius 1 is 1.92 bits per heavy atom. The summed E-state index contributed by atoms with van der Waals surface area (Å²) in [5.74, 6) is -0.479. The first-order valence-electron chi connectivity index (χ1n) is 3.25.